The Labute approximate surface area is 91.4 Å². The molecule has 0 aromatic carbocycles. The summed E-state index contributed by atoms with van der Waals surface area (Å²) >= 11 is 1.59. The predicted molar refractivity (Wildman–Crippen MR) is 61.3 cm³/mol. The van der Waals surface area contributed by atoms with Gasteiger partial charge >= 0.3 is 0 Å². The van der Waals surface area contributed by atoms with Crippen molar-refractivity contribution in [2.75, 3.05) is 11.1 Å². The fourth-order valence-electron chi connectivity index (χ4n) is 1.04. The highest BCUT2D eigenvalue weighted by Gasteiger charge is 2.04. The van der Waals surface area contributed by atoms with E-state index in [1.54, 1.807) is 17.5 Å². The van der Waals surface area contributed by atoms with Crippen LogP contribution in [0.5, 0.6) is 0 Å². The van der Waals surface area contributed by atoms with E-state index in [0.29, 0.717) is 11.6 Å². The summed E-state index contributed by atoms with van der Waals surface area (Å²) in [6.07, 6.45) is 3.09. The van der Waals surface area contributed by atoms with Crippen molar-refractivity contribution in [1.82, 2.24) is 15.0 Å². The molecule has 0 aliphatic heterocycles. The molecule has 78 valence electrons. The Morgan fingerprint density at radius 3 is 2.60 bits per heavy atom. The van der Waals surface area contributed by atoms with Gasteiger partial charge < -0.3 is 11.1 Å². The smallest absolute Gasteiger partial charge is 0.188 e. The first-order valence-electron chi connectivity index (χ1n) is 4.44. The molecule has 0 aliphatic carbocycles. The zero-order valence-electron chi connectivity index (χ0n) is 8.48. The van der Waals surface area contributed by atoms with Crippen molar-refractivity contribution in [3.8, 4) is 0 Å². The Morgan fingerprint density at radius 2 is 2.07 bits per heavy atom. The molecule has 0 fully saturated rings. The summed E-state index contributed by atoms with van der Waals surface area (Å²) in [7, 11) is 0. The average Bonchev–Trinajstić information content (AvgIpc) is 2.50. The third-order valence-corrected chi connectivity index (χ3v) is 2.92. The van der Waals surface area contributed by atoms with Crippen LogP contribution in [0.2, 0.25) is 0 Å². The molecule has 0 bridgehead atoms. The Hall–Kier alpha value is -1.69. The molecule has 0 saturated carbocycles. The van der Waals surface area contributed by atoms with E-state index in [-0.39, 0.29) is 0 Å². The van der Waals surface area contributed by atoms with Crippen LogP contribution in [0.3, 0.4) is 0 Å². The zero-order valence-corrected chi connectivity index (χ0v) is 9.30. The Morgan fingerprint density at radius 1 is 1.27 bits per heavy atom. The lowest BCUT2D eigenvalue weighted by Crippen LogP contribution is -1.96. The number of nitrogens with two attached hydrogens (primary N) is 1. The van der Waals surface area contributed by atoms with Crippen LogP contribution in [-0.4, -0.2) is 15.0 Å². The van der Waals surface area contributed by atoms with Crippen molar-refractivity contribution >= 4 is 28.1 Å². The lowest BCUT2D eigenvalue weighted by Gasteiger charge is -1.99. The highest BCUT2D eigenvalue weighted by atomic mass is 32.1. The van der Waals surface area contributed by atoms with Gasteiger partial charge in [0.05, 0.1) is 18.1 Å². The second-order valence-electron chi connectivity index (χ2n) is 3.11. The standard InChI is InChI=1S/C9H11N5S/c1-5-6(2)15-9(13-5)14-8-4-11-7(10)3-12-8/h3-4H,1-2H3,(H2,10,11)(H,12,13,14). The number of hydrogen-bond donors (Lipinski definition) is 2. The van der Waals surface area contributed by atoms with Crippen molar-refractivity contribution in [2.45, 2.75) is 13.8 Å². The number of nitrogens with one attached hydrogen (secondary N) is 1. The largest absolute Gasteiger partial charge is 0.382 e. The first kappa shape index (κ1) is 9.85. The maximum Gasteiger partial charge on any atom is 0.188 e. The van der Waals surface area contributed by atoms with Gasteiger partial charge in [0.15, 0.2) is 10.9 Å². The number of aromatic nitrogens is 3. The minimum Gasteiger partial charge on any atom is -0.382 e. The van der Waals surface area contributed by atoms with Gasteiger partial charge in [-0.05, 0) is 13.8 Å². The molecule has 0 radical (unpaired) electrons. The van der Waals surface area contributed by atoms with Crippen LogP contribution in [0.4, 0.5) is 16.8 Å². The fourth-order valence-corrected chi connectivity index (χ4v) is 1.86. The fraction of sp³-hybridized carbons (Fsp3) is 0.222. The van der Waals surface area contributed by atoms with Crippen LogP contribution < -0.4 is 11.1 Å². The van der Waals surface area contributed by atoms with Crippen molar-refractivity contribution in [1.29, 1.82) is 0 Å². The highest BCUT2D eigenvalue weighted by Crippen LogP contribution is 2.23. The van der Waals surface area contributed by atoms with Crippen molar-refractivity contribution in [3.05, 3.63) is 23.0 Å². The number of aryl methyl sites for hydroxylation is 2. The molecular weight excluding hydrogens is 210 g/mol. The Balaban J connectivity index is 2.18. The van der Waals surface area contributed by atoms with Gasteiger partial charge in [0.2, 0.25) is 0 Å². The van der Waals surface area contributed by atoms with E-state index in [9.17, 15) is 0 Å². The van der Waals surface area contributed by atoms with E-state index >= 15 is 0 Å². The molecule has 0 unspecified atom stereocenters. The highest BCUT2D eigenvalue weighted by molar-refractivity contribution is 7.15. The Bertz CT molecular complexity index is 442. The molecule has 0 amide bonds. The summed E-state index contributed by atoms with van der Waals surface area (Å²) in [5.41, 5.74) is 6.47. The topological polar surface area (TPSA) is 76.7 Å². The summed E-state index contributed by atoms with van der Waals surface area (Å²) < 4.78 is 0. The van der Waals surface area contributed by atoms with E-state index < -0.39 is 0 Å². The molecule has 0 aliphatic rings. The third kappa shape index (κ3) is 2.21. The number of nitrogens with zero attached hydrogens (tertiary/aromatic N) is 3. The number of hydrogen-bond acceptors (Lipinski definition) is 6. The summed E-state index contributed by atoms with van der Waals surface area (Å²) in [6, 6.07) is 0. The molecule has 0 spiro atoms. The van der Waals surface area contributed by atoms with Gasteiger partial charge in [-0.3, -0.25) is 0 Å². The molecule has 2 heterocycles. The summed E-state index contributed by atoms with van der Waals surface area (Å²) in [6.45, 7) is 4.01. The van der Waals surface area contributed by atoms with E-state index in [2.05, 4.69) is 20.3 Å². The van der Waals surface area contributed by atoms with Crippen LogP contribution in [0, 0.1) is 13.8 Å². The first-order valence-corrected chi connectivity index (χ1v) is 5.25. The van der Waals surface area contributed by atoms with Crippen molar-refractivity contribution < 1.29 is 0 Å². The minimum absolute atomic E-state index is 0.409. The molecule has 15 heavy (non-hydrogen) atoms. The lowest BCUT2D eigenvalue weighted by molar-refractivity contribution is 1.18. The quantitative estimate of drug-likeness (QED) is 0.809. The number of thiazole rings is 1. The van der Waals surface area contributed by atoms with E-state index in [0.717, 1.165) is 10.8 Å². The second kappa shape index (κ2) is 3.82. The maximum atomic E-state index is 5.43. The molecule has 5 nitrogen and oxygen atoms in total. The molecule has 3 N–H and O–H groups in total. The molecule has 2 aromatic heterocycles. The lowest BCUT2D eigenvalue weighted by atomic mass is 10.4. The molecule has 2 rings (SSSR count). The molecule has 0 saturated heterocycles. The zero-order chi connectivity index (χ0) is 10.8. The van der Waals surface area contributed by atoms with E-state index in [1.807, 2.05) is 13.8 Å². The normalized spacial score (nSPS) is 10.3. The van der Waals surface area contributed by atoms with Gasteiger partial charge in [0.1, 0.15) is 5.82 Å². The minimum atomic E-state index is 0.409. The van der Waals surface area contributed by atoms with Gasteiger partial charge in [0.25, 0.3) is 0 Å². The summed E-state index contributed by atoms with van der Waals surface area (Å²) in [5.74, 6) is 1.06. The molecule has 6 heteroatoms. The number of anilines is 3. The van der Waals surface area contributed by atoms with Crippen LogP contribution in [0.25, 0.3) is 0 Å². The van der Waals surface area contributed by atoms with E-state index in [4.69, 9.17) is 5.73 Å². The monoisotopic (exact) mass is 221 g/mol. The van der Waals surface area contributed by atoms with Crippen LogP contribution in [0.15, 0.2) is 12.4 Å². The van der Waals surface area contributed by atoms with Gasteiger partial charge in [-0.1, -0.05) is 0 Å². The number of rotatable bonds is 2. The predicted octanol–water partition coefficient (Wildman–Crippen LogP) is 1.88. The van der Waals surface area contributed by atoms with Gasteiger partial charge in [0, 0.05) is 4.88 Å². The van der Waals surface area contributed by atoms with Crippen LogP contribution in [0.1, 0.15) is 10.6 Å². The van der Waals surface area contributed by atoms with Crippen LogP contribution >= 0.6 is 11.3 Å². The van der Waals surface area contributed by atoms with Crippen molar-refractivity contribution in [3.63, 3.8) is 0 Å². The second-order valence-corrected chi connectivity index (χ2v) is 4.32. The van der Waals surface area contributed by atoms with Gasteiger partial charge in [-0.15, -0.1) is 11.3 Å². The number of nitrogen functional groups attached to an aromatic ring is 1. The summed E-state index contributed by atoms with van der Waals surface area (Å²) in [4.78, 5) is 13.5. The first-order chi connectivity index (χ1) is 7.15. The third-order valence-electron chi connectivity index (χ3n) is 1.94. The SMILES string of the molecule is Cc1nc(Nc2cnc(N)cn2)sc1C. The molecule has 2 aromatic rings. The van der Waals surface area contributed by atoms with Crippen molar-refractivity contribution in [2.24, 2.45) is 0 Å². The average molecular weight is 221 g/mol. The Kier molecular flexibility index (Phi) is 2.51. The van der Waals surface area contributed by atoms with E-state index in [1.165, 1.54) is 11.1 Å². The van der Waals surface area contributed by atoms with Gasteiger partial charge in [-0.25, -0.2) is 15.0 Å². The summed E-state index contributed by atoms with van der Waals surface area (Å²) in [5, 5.41) is 3.89. The van der Waals surface area contributed by atoms with Gasteiger partial charge in [-0.2, -0.15) is 0 Å². The molecule has 0 atom stereocenters. The molecular formula is C9H11N5S. The van der Waals surface area contributed by atoms with Crippen LogP contribution in [-0.2, 0) is 0 Å². The maximum absolute atomic E-state index is 5.43.